The summed E-state index contributed by atoms with van der Waals surface area (Å²) in [7, 11) is -3.94. The first-order valence-electron chi connectivity index (χ1n) is 4.98. The van der Waals surface area contributed by atoms with E-state index in [1.165, 1.54) is 16.8 Å². The van der Waals surface area contributed by atoms with Gasteiger partial charge in [-0.2, -0.15) is 0 Å². The van der Waals surface area contributed by atoms with Crippen LogP contribution in [0.5, 0.6) is 0 Å². The summed E-state index contributed by atoms with van der Waals surface area (Å²) in [5.41, 5.74) is 0.421. The molecule has 98 valence electrons. The number of halogens is 2. The monoisotopic (exact) mass is 268 g/mol. The van der Waals surface area contributed by atoms with Crippen LogP contribution in [0.15, 0.2) is 17.2 Å². The Kier molecular flexibility index (Phi) is 4.61. The molecule has 0 fully saturated rings. The van der Waals surface area contributed by atoms with Crippen molar-refractivity contribution in [3.05, 3.63) is 18.0 Å². The summed E-state index contributed by atoms with van der Waals surface area (Å²) in [6.07, 6.45) is -1.44. The molecular formula is C9H14F2N2O3S. The molecule has 0 aromatic carbocycles. The highest BCUT2D eigenvalue weighted by molar-refractivity contribution is 7.89. The van der Waals surface area contributed by atoms with Crippen LogP contribution < -0.4 is 4.72 Å². The van der Waals surface area contributed by atoms with E-state index in [4.69, 9.17) is 5.11 Å². The normalized spacial score (nSPS) is 12.3. The van der Waals surface area contributed by atoms with Crippen molar-refractivity contribution in [3.8, 4) is 0 Å². The number of aryl methyl sites for hydroxylation is 1. The summed E-state index contributed by atoms with van der Waals surface area (Å²) in [6.45, 7) is 1.04. The average Bonchev–Trinajstić information content (AvgIpc) is 2.70. The van der Waals surface area contributed by atoms with E-state index in [2.05, 4.69) is 0 Å². The molecule has 0 aliphatic heterocycles. The van der Waals surface area contributed by atoms with E-state index >= 15 is 0 Å². The Morgan fingerprint density at radius 2 is 2.18 bits per heavy atom. The largest absolute Gasteiger partial charge is 0.390 e. The lowest BCUT2D eigenvalue weighted by atomic mass is 10.4. The summed E-state index contributed by atoms with van der Waals surface area (Å²) in [6, 6.07) is 1.26. The highest BCUT2D eigenvalue weighted by Gasteiger charge is 2.19. The summed E-state index contributed by atoms with van der Waals surface area (Å²) >= 11 is 0. The van der Waals surface area contributed by atoms with Crippen LogP contribution in [0.2, 0.25) is 0 Å². The van der Waals surface area contributed by atoms with Crippen LogP contribution in [0.4, 0.5) is 8.78 Å². The van der Waals surface area contributed by atoms with Gasteiger partial charge in [0.15, 0.2) is 0 Å². The maximum Gasteiger partial charge on any atom is 0.251 e. The number of sulfonamides is 1. The molecule has 17 heavy (non-hydrogen) atoms. The van der Waals surface area contributed by atoms with E-state index in [0.29, 0.717) is 12.2 Å². The molecule has 1 heterocycles. The van der Waals surface area contributed by atoms with Crippen LogP contribution in [0.3, 0.4) is 0 Å². The predicted octanol–water partition coefficient (Wildman–Crippen LogP) is 0.544. The highest BCUT2D eigenvalue weighted by atomic mass is 32.2. The minimum atomic E-state index is -3.94. The zero-order chi connectivity index (χ0) is 13.1. The van der Waals surface area contributed by atoms with Crippen molar-refractivity contribution >= 4 is 10.0 Å². The Hall–Kier alpha value is -0.990. The first-order chi connectivity index (χ1) is 7.90. The second-order valence-corrected chi connectivity index (χ2v) is 5.12. The first kappa shape index (κ1) is 14.1. The van der Waals surface area contributed by atoms with Crippen molar-refractivity contribution in [2.24, 2.45) is 0 Å². The fraction of sp³-hybridized carbons (Fsp3) is 0.556. The van der Waals surface area contributed by atoms with E-state index in [0.717, 1.165) is 0 Å². The summed E-state index contributed by atoms with van der Waals surface area (Å²) < 4.78 is 50.4. The van der Waals surface area contributed by atoms with Gasteiger partial charge in [0, 0.05) is 18.4 Å². The molecule has 0 aliphatic rings. The number of alkyl halides is 2. The van der Waals surface area contributed by atoms with Crippen LogP contribution in [0.1, 0.15) is 12.6 Å². The fourth-order valence-electron chi connectivity index (χ4n) is 1.35. The number of aliphatic hydroxyl groups excluding tert-OH is 1. The Morgan fingerprint density at radius 3 is 2.59 bits per heavy atom. The van der Waals surface area contributed by atoms with Gasteiger partial charge in [-0.05, 0) is 13.0 Å². The van der Waals surface area contributed by atoms with Gasteiger partial charge in [0.25, 0.3) is 6.43 Å². The van der Waals surface area contributed by atoms with E-state index in [1.807, 2.05) is 0 Å². The lowest BCUT2D eigenvalue weighted by Crippen LogP contribution is -2.28. The molecule has 0 unspecified atom stereocenters. The van der Waals surface area contributed by atoms with Crippen molar-refractivity contribution in [2.45, 2.75) is 31.4 Å². The molecule has 0 atom stereocenters. The third kappa shape index (κ3) is 3.48. The number of nitrogens with one attached hydrogen (secondary N) is 1. The molecule has 0 spiro atoms. The number of aromatic nitrogens is 1. The van der Waals surface area contributed by atoms with Crippen LogP contribution in [-0.4, -0.2) is 31.1 Å². The van der Waals surface area contributed by atoms with E-state index in [-0.39, 0.29) is 11.5 Å². The van der Waals surface area contributed by atoms with E-state index in [9.17, 15) is 17.2 Å². The van der Waals surface area contributed by atoms with Crippen molar-refractivity contribution in [1.82, 2.24) is 9.29 Å². The van der Waals surface area contributed by atoms with Gasteiger partial charge >= 0.3 is 0 Å². The Bertz CT molecular complexity index is 449. The summed E-state index contributed by atoms with van der Waals surface area (Å²) in [4.78, 5) is -0.121. The minimum absolute atomic E-state index is 0.121. The number of hydrogen-bond donors (Lipinski definition) is 2. The van der Waals surface area contributed by atoms with Crippen molar-refractivity contribution in [3.63, 3.8) is 0 Å². The van der Waals surface area contributed by atoms with Gasteiger partial charge in [0.05, 0.1) is 18.0 Å². The zero-order valence-corrected chi connectivity index (χ0v) is 10.0. The molecule has 0 amide bonds. The van der Waals surface area contributed by atoms with Crippen molar-refractivity contribution < 1.29 is 22.3 Å². The maximum absolute atomic E-state index is 11.9. The second kappa shape index (κ2) is 5.56. The van der Waals surface area contributed by atoms with Crippen molar-refractivity contribution in [1.29, 1.82) is 0 Å². The molecule has 0 radical (unpaired) electrons. The predicted molar refractivity (Wildman–Crippen MR) is 57.2 cm³/mol. The number of aliphatic hydroxyl groups is 1. The van der Waals surface area contributed by atoms with Crippen LogP contribution >= 0.6 is 0 Å². The lowest BCUT2D eigenvalue weighted by molar-refractivity contribution is 0.153. The smallest absolute Gasteiger partial charge is 0.251 e. The molecule has 1 rings (SSSR count). The lowest BCUT2D eigenvalue weighted by Gasteiger charge is -2.03. The van der Waals surface area contributed by atoms with Gasteiger partial charge in [-0.25, -0.2) is 21.9 Å². The molecule has 5 nitrogen and oxygen atoms in total. The zero-order valence-electron chi connectivity index (χ0n) is 9.23. The molecule has 0 bridgehead atoms. The van der Waals surface area contributed by atoms with E-state index < -0.39 is 23.0 Å². The van der Waals surface area contributed by atoms with Gasteiger partial charge in [-0.3, -0.25) is 0 Å². The highest BCUT2D eigenvalue weighted by Crippen LogP contribution is 2.14. The molecule has 0 saturated carbocycles. The van der Waals surface area contributed by atoms with Crippen LogP contribution in [-0.2, 0) is 23.2 Å². The average molecular weight is 268 g/mol. The topological polar surface area (TPSA) is 71.3 Å². The number of nitrogens with zero attached hydrogens (tertiary/aromatic N) is 1. The standard InChI is InChI=1S/C9H14F2N2O3S/c1-2-13-5-8(3-7(13)6-14)17(15,16)12-4-9(10)11/h3,5,9,12,14H,2,4,6H2,1H3. The van der Waals surface area contributed by atoms with Gasteiger partial charge in [-0.15, -0.1) is 0 Å². The Morgan fingerprint density at radius 1 is 1.53 bits per heavy atom. The second-order valence-electron chi connectivity index (χ2n) is 3.35. The Labute approximate surface area is 98.1 Å². The maximum atomic E-state index is 11.9. The van der Waals surface area contributed by atoms with Gasteiger partial charge < -0.3 is 9.67 Å². The van der Waals surface area contributed by atoms with Crippen LogP contribution in [0.25, 0.3) is 0 Å². The van der Waals surface area contributed by atoms with Crippen molar-refractivity contribution in [2.75, 3.05) is 6.54 Å². The Balaban J connectivity index is 2.95. The quantitative estimate of drug-likeness (QED) is 0.791. The molecular weight excluding hydrogens is 254 g/mol. The van der Waals surface area contributed by atoms with E-state index in [1.54, 1.807) is 11.6 Å². The molecule has 8 heteroatoms. The third-order valence-electron chi connectivity index (χ3n) is 2.20. The molecule has 2 N–H and O–H groups in total. The van der Waals surface area contributed by atoms with Gasteiger partial charge in [0.2, 0.25) is 10.0 Å². The molecule has 0 aliphatic carbocycles. The first-order valence-corrected chi connectivity index (χ1v) is 6.46. The SMILES string of the molecule is CCn1cc(S(=O)(=O)NCC(F)F)cc1CO. The molecule has 1 aromatic rings. The number of rotatable bonds is 6. The van der Waals surface area contributed by atoms with Gasteiger partial charge in [-0.1, -0.05) is 0 Å². The fourth-order valence-corrected chi connectivity index (χ4v) is 2.42. The van der Waals surface area contributed by atoms with Gasteiger partial charge in [0.1, 0.15) is 0 Å². The molecule has 1 aromatic heterocycles. The minimum Gasteiger partial charge on any atom is -0.390 e. The third-order valence-corrected chi connectivity index (χ3v) is 3.59. The molecule has 0 saturated heterocycles. The summed E-state index contributed by atoms with van der Waals surface area (Å²) in [5.74, 6) is 0. The number of hydrogen-bond acceptors (Lipinski definition) is 3. The summed E-state index contributed by atoms with van der Waals surface area (Å²) in [5, 5.41) is 8.99. The van der Waals surface area contributed by atoms with Crippen LogP contribution in [0, 0.1) is 0 Å².